The molecule has 3 aliphatic rings. The Kier molecular flexibility index (Phi) is 3.65. The average Bonchev–Trinajstić information content (AvgIpc) is 3.09. The third-order valence-electron chi connectivity index (χ3n) is 5.56. The molecule has 1 aliphatic heterocycles. The molecule has 1 unspecified atom stereocenters. The van der Waals surface area contributed by atoms with Crippen LogP contribution in [0.4, 0.5) is 0 Å². The third kappa shape index (κ3) is 2.33. The van der Waals surface area contributed by atoms with E-state index in [1.54, 1.807) is 0 Å². The summed E-state index contributed by atoms with van der Waals surface area (Å²) in [5, 5.41) is 0. The molecule has 0 spiro atoms. The topological polar surface area (TPSA) is 32.5 Å². The SMILES string of the molecule is CCN(CC1CCC1)C1(CN)CCN(C2CC2)C1. The molecule has 2 N–H and O–H groups in total. The summed E-state index contributed by atoms with van der Waals surface area (Å²) in [5.74, 6) is 0.961. The highest BCUT2D eigenvalue weighted by molar-refractivity contribution is 5.04. The lowest BCUT2D eigenvalue weighted by molar-refractivity contribution is 0.0673. The Labute approximate surface area is 112 Å². The van der Waals surface area contributed by atoms with E-state index >= 15 is 0 Å². The van der Waals surface area contributed by atoms with Crippen LogP contribution in [0.3, 0.4) is 0 Å². The molecule has 0 amide bonds. The van der Waals surface area contributed by atoms with Crippen molar-refractivity contribution in [1.29, 1.82) is 0 Å². The molecule has 3 fully saturated rings. The molecule has 1 saturated heterocycles. The molecule has 0 radical (unpaired) electrons. The largest absolute Gasteiger partial charge is 0.329 e. The van der Waals surface area contributed by atoms with Crippen molar-refractivity contribution in [3.05, 3.63) is 0 Å². The van der Waals surface area contributed by atoms with Crippen LogP contribution in [0.25, 0.3) is 0 Å². The summed E-state index contributed by atoms with van der Waals surface area (Å²) < 4.78 is 0. The maximum atomic E-state index is 6.19. The van der Waals surface area contributed by atoms with E-state index in [2.05, 4.69) is 16.7 Å². The van der Waals surface area contributed by atoms with Crippen LogP contribution in [0, 0.1) is 5.92 Å². The molecule has 1 heterocycles. The summed E-state index contributed by atoms with van der Waals surface area (Å²) in [6, 6.07) is 0.904. The number of nitrogens with zero attached hydrogens (tertiary/aromatic N) is 2. The Hall–Kier alpha value is -0.120. The maximum Gasteiger partial charge on any atom is 0.0470 e. The van der Waals surface area contributed by atoms with Crippen molar-refractivity contribution < 1.29 is 0 Å². The first-order chi connectivity index (χ1) is 8.77. The Bertz CT molecular complexity index is 285. The molecule has 1 atom stereocenters. The van der Waals surface area contributed by atoms with Crippen LogP contribution in [-0.4, -0.2) is 54.1 Å². The van der Waals surface area contributed by atoms with Crippen LogP contribution < -0.4 is 5.73 Å². The van der Waals surface area contributed by atoms with E-state index in [4.69, 9.17) is 5.73 Å². The van der Waals surface area contributed by atoms with Crippen LogP contribution >= 0.6 is 0 Å². The zero-order chi connectivity index (χ0) is 12.6. The fraction of sp³-hybridized carbons (Fsp3) is 1.00. The van der Waals surface area contributed by atoms with Crippen molar-refractivity contribution >= 4 is 0 Å². The van der Waals surface area contributed by atoms with Crippen molar-refractivity contribution in [2.75, 3.05) is 32.7 Å². The van der Waals surface area contributed by atoms with Crippen LogP contribution in [0.5, 0.6) is 0 Å². The van der Waals surface area contributed by atoms with Gasteiger partial charge in [0.25, 0.3) is 0 Å². The van der Waals surface area contributed by atoms with Gasteiger partial charge >= 0.3 is 0 Å². The van der Waals surface area contributed by atoms with Crippen molar-refractivity contribution in [2.24, 2.45) is 11.7 Å². The normalized spacial score (nSPS) is 34.2. The lowest BCUT2D eigenvalue weighted by Gasteiger charge is -2.43. The molecule has 3 heteroatoms. The maximum absolute atomic E-state index is 6.19. The molecule has 0 aromatic rings. The highest BCUT2D eigenvalue weighted by Crippen LogP contribution is 2.37. The number of nitrogens with two attached hydrogens (primary N) is 1. The minimum Gasteiger partial charge on any atom is -0.329 e. The van der Waals surface area contributed by atoms with Crippen LogP contribution in [0.2, 0.25) is 0 Å². The van der Waals surface area contributed by atoms with Crippen LogP contribution in [0.1, 0.15) is 45.4 Å². The monoisotopic (exact) mass is 251 g/mol. The second-order valence-electron chi connectivity index (χ2n) is 6.72. The average molecular weight is 251 g/mol. The van der Waals surface area contributed by atoms with E-state index in [1.807, 2.05) is 0 Å². The molecule has 2 aliphatic carbocycles. The smallest absolute Gasteiger partial charge is 0.0470 e. The molecule has 3 nitrogen and oxygen atoms in total. The summed E-state index contributed by atoms with van der Waals surface area (Å²) in [4.78, 5) is 5.43. The number of hydrogen-bond acceptors (Lipinski definition) is 3. The summed E-state index contributed by atoms with van der Waals surface area (Å²) in [6.07, 6.45) is 8.49. The van der Waals surface area contributed by atoms with Crippen molar-refractivity contribution in [2.45, 2.75) is 57.0 Å². The van der Waals surface area contributed by atoms with Crippen molar-refractivity contribution in [3.63, 3.8) is 0 Å². The van der Waals surface area contributed by atoms with Crippen LogP contribution in [0.15, 0.2) is 0 Å². The van der Waals surface area contributed by atoms with Gasteiger partial charge in [-0.05, 0) is 44.6 Å². The molecule has 18 heavy (non-hydrogen) atoms. The van der Waals surface area contributed by atoms with Gasteiger partial charge in [-0.25, -0.2) is 0 Å². The highest BCUT2D eigenvalue weighted by Gasteiger charge is 2.45. The molecule has 2 saturated carbocycles. The summed E-state index contributed by atoms with van der Waals surface area (Å²) in [5.41, 5.74) is 6.49. The van der Waals surface area contributed by atoms with Crippen LogP contribution in [-0.2, 0) is 0 Å². The van der Waals surface area contributed by atoms with Gasteiger partial charge in [0.05, 0.1) is 0 Å². The Morgan fingerprint density at radius 1 is 1.28 bits per heavy atom. The van der Waals surface area contributed by atoms with E-state index in [-0.39, 0.29) is 0 Å². The molecule has 3 rings (SSSR count). The number of rotatable bonds is 6. The first-order valence-electron chi connectivity index (χ1n) is 7.96. The first-order valence-corrected chi connectivity index (χ1v) is 7.96. The second-order valence-corrected chi connectivity index (χ2v) is 6.72. The minimum absolute atomic E-state index is 0.299. The van der Waals surface area contributed by atoms with E-state index in [9.17, 15) is 0 Å². The quantitative estimate of drug-likeness (QED) is 0.779. The fourth-order valence-electron chi connectivity index (χ4n) is 3.84. The Morgan fingerprint density at radius 3 is 2.56 bits per heavy atom. The lowest BCUT2D eigenvalue weighted by atomic mass is 9.83. The van der Waals surface area contributed by atoms with Gasteiger partial charge in [0, 0.05) is 37.8 Å². The summed E-state index contributed by atoms with van der Waals surface area (Å²) in [7, 11) is 0. The Balaban J connectivity index is 1.64. The number of hydrogen-bond donors (Lipinski definition) is 1. The van der Waals surface area contributed by atoms with E-state index in [0.717, 1.165) is 18.5 Å². The summed E-state index contributed by atoms with van der Waals surface area (Å²) >= 11 is 0. The van der Waals surface area contributed by atoms with Crippen molar-refractivity contribution in [1.82, 2.24) is 9.80 Å². The zero-order valence-electron chi connectivity index (χ0n) is 11.9. The number of likely N-dealkylation sites (N-methyl/N-ethyl adjacent to an activating group) is 1. The molecule has 0 bridgehead atoms. The molecule has 0 aromatic heterocycles. The summed E-state index contributed by atoms with van der Waals surface area (Å²) in [6.45, 7) is 8.14. The zero-order valence-corrected chi connectivity index (χ0v) is 11.9. The second kappa shape index (κ2) is 5.10. The van der Waals surface area contributed by atoms with E-state index in [0.29, 0.717) is 5.54 Å². The predicted octanol–water partition coefficient (Wildman–Crippen LogP) is 1.67. The molecule has 104 valence electrons. The van der Waals surface area contributed by atoms with Gasteiger partial charge in [-0.2, -0.15) is 0 Å². The van der Waals surface area contributed by atoms with Gasteiger partial charge in [-0.15, -0.1) is 0 Å². The molecular formula is C15H29N3. The minimum atomic E-state index is 0.299. The molecule has 0 aromatic carbocycles. The Morgan fingerprint density at radius 2 is 2.06 bits per heavy atom. The highest BCUT2D eigenvalue weighted by atomic mass is 15.3. The van der Waals surface area contributed by atoms with Gasteiger partial charge in [-0.3, -0.25) is 9.80 Å². The van der Waals surface area contributed by atoms with Gasteiger partial charge in [0.2, 0.25) is 0 Å². The first kappa shape index (κ1) is 12.9. The van der Waals surface area contributed by atoms with Gasteiger partial charge in [-0.1, -0.05) is 13.3 Å². The van der Waals surface area contributed by atoms with Gasteiger partial charge in [0.15, 0.2) is 0 Å². The lowest BCUT2D eigenvalue weighted by Crippen LogP contribution is -2.57. The molecular weight excluding hydrogens is 222 g/mol. The number of likely N-dealkylation sites (tertiary alicyclic amines) is 1. The predicted molar refractivity (Wildman–Crippen MR) is 75.6 cm³/mol. The van der Waals surface area contributed by atoms with Gasteiger partial charge < -0.3 is 5.73 Å². The fourth-order valence-corrected chi connectivity index (χ4v) is 3.84. The van der Waals surface area contributed by atoms with Crippen molar-refractivity contribution in [3.8, 4) is 0 Å². The van der Waals surface area contributed by atoms with Gasteiger partial charge in [0.1, 0.15) is 0 Å². The van der Waals surface area contributed by atoms with E-state index < -0.39 is 0 Å². The standard InChI is InChI=1S/C15H29N3/c1-2-18(10-13-4-3-5-13)15(11-16)8-9-17(12-15)14-6-7-14/h13-14H,2-12,16H2,1H3. The third-order valence-corrected chi connectivity index (χ3v) is 5.56. The van der Waals surface area contributed by atoms with E-state index in [1.165, 1.54) is 64.7 Å².